The van der Waals surface area contributed by atoms with Crippen LogP contribution in [-0.2, 0) is 0 Å². The highest BCUT2D eigenvalue weighted by atomic mass is 28.4. The van der Waals surface area contributed by atoms with Crippen LogP contribution in [0, 0.1) is 0 Å². The fourth-order valence-electron chi connectivity index (χ4n) is 2.29. The van der Waals surface area contributed by atoms with E-state index >= 15 is 0 Å². The third-order valence-electron chi connectivity index (χ3n) is 3.05. The van der Waals surface area contributed by atoms with Gasteiger partial charge in [0.15, 0.2) is 0 Å². The fourth-order valence-corrected chi connectivity index (χ4v) is 5.58. The molecule has 1 aromatic rings. The lowest BCUT2D eigenvalue weighted by molar-refractivity contribution is 0.531. The van der Waals surface area contributed by atoms with Crippen LogP contribution in [0.15, 0.2) is 30.8 Å². The van der Waals surface area contributed by atoms with Crippen molar-refractivity contribution in [1.82, 2.24) is 0 Å². The van der Waals surface area contributed by atoms with Crippen molar-refractivity contribution >= 4 is 14.4 Å². The summed E-state index contributed by atoms with van der Waals surface area (Å²) in [6.45, 7) is 10.7. The highest BCUT2D eigenvalue weighted by molar-refractivity contribution is 6.73. The molecule has 0 saturated heterocycles. The van der Waals surface area contributed by atoms with Crippen LogP contribution in [0.25, 0.3) is 6.08 Å². The quantitative estimate of drug-likeness (QED) is 0.610. The fraction of sp³-hybridized carbons (Fsp3) is 0.467. The molecule has 0 atom stereocenters. The Balaban J connectivity index is 2.88. The number of hydrogen-bond donors (Lipinski definition) is 0. The molecule has 0 aliphatic heterocycles. The molecule has 0 amide bonds. The first kappa shape index (κ1) is 14.0. The van der Waals surface area contributed by atoms with Gasteiger partial charge in [-0.2, -0.15) is 0 Å². The second kappa shape index (κ2) is 6.65. The van der Waals surface area contributed by atoms with Crippen LogP contribution in [0.1, 0.15) is 32.3 Å². The summed E-state index contributed by atoms with van der Waals surface area (Å²) in [5.74, 6) is 1.01. The largest absolute Gasteiger partial charge is 0.543 e. The molecule has 0 aromatic heterocycles. The van der Waals surface area contributed by atoms with Gasteiger partial charge in [-0.3, -0.25) is 0 Å². The number of rotatable bonds is 7. The van der Waals surface area contributed by atoms with E-state index in [0.717, 1.165) is 11.3 Å². The van der Waals surface area contributed by atoms with E-state index < -0.39 is 8.32 Å². The summed E-state index contributed by atoms with van der Waals surface area (Å²) in [4.78, 5) is 0. The summed E-state index contributed by atoms with van der Waals surface area (Å²) in [7, 11) is -1.59. The van der Waals surface area contributed by atoms with Crippen LogP contribution in [0.5, 0.6) is 5.75 Å². The molecule has 0 radical (unpaired) electrons. The van der Waals surface area contributed by atoms with Gasteiger partial charge >= 0.3 is 0 Å². The van der Waals surface area contributed by atoms with E-state index in [0.29, 0.717) is 0 Å². The van der Waals surface area contributed by atoms with Gasteiger partial charge in [-0.15, -0.1) is 0 Å². The maximum Gasteiger partial charge on any atom is 0.248 e. The van der Waals surface area contributed by atoms with E-state index in [1.165, 1.54) is 24.9 Å². The first-order valence-electron chi connectivity index (χ1n) is 6.55. The zero-order valence-corrected chi connectivity index (χ0v) is 12.3. The molecule has 0 bridgehead atoms. The van der Waals surface area contributed by atoms with Crippen LogP contribution in [0.3, 0.4) is 0 Å². The first-order valence-corrected chi connectivity index (χ1v) is 9.38. The van der Waals surface area contributed by atoms with Gasteiger partial charge in [0.2, 0.25) is 8.32 Å². The average Bonchev–Trinajstić information content (AvgIpc) is 2.30. The van der Waals surface area contributed by atoms with Crippen molar-refractivity contribution in [3.05, 3.63) is 36.4 Å². The SMILES string of the molecule is C=Cc1ccccc1O[Si](C)(CCC)CCC. The Morgan fingerprint density at radius 1 is 1.18 bits per heavy atom. The monoisotopic (exact) mass is 248 g/mol. The highest BCUT2D eigenvalue weighted by Gasteiger charge is 2.29. The minimum atomic E-state index is -1.59. The smallest absolute Gasteiger partial charge is 0.248 e. The molecule has 0 saturated carbocycles. The molecule has 0 fully saturated rings. The third kappa shape index (κ3) is 4.04. The molecule has 1 nitrogen and oxygen atoms in total. The lowest BCUT2D eigenvalue weighted by Crippen LogP contribution is -2.37. The van der Waals surface area contributed by atoms with Crippen molar-refractivity contribution in [3.8, 4) is 5.75 Å². The Kier molecular flexibility index (Phi) is 5.49. The topological polar surface area (TPSA) is 9.23 Å². The minimum absolute atomic E-state index is 1.01. The Hall–Kier alpha value is -1.02. The first-order chi connectivity index (χ1) is 8.15. The Morgan fingerprint density at radius 3 is 2.29 bits per heavy atom. The Morgan fingerprint density at radius 2 is 1.76 bits per heavy atom. The predicted molar refractivity (Wildman–Crippen MR) is 79.0 cm³/mol. The second-order valence-corrected chi connectivity index (χ2v) is 8.90. The van der Waals surface area contributed by atoms with Gasteiger partial charge < -0.3 is 4.43 Å². The highest BCUT2D eigenvalue weighted by Crippen LogP contribution is 2.27. The molecule has 1 aromatic carbocycles. The maximum absolute atomic E-state index is 6.37. The third-order valence-corrected chi connectivity index (χ3v) is 6.88. The lowest BCUT2D eigenvalue weighted by Gasteiger charge is -2.28. The molecular formula is C15H24OSi. The normalized spacial score (nSPS) is 11.2. The summed E-state index contributed by atoms with van der Waals surface area (Å²) >= 11 is 0. The molecule has 0 aliphatic rings. The molecule has 0 N–H and O–H groups in total. The zero-order valence-electron chi connectivity index (χ0n) is 11.3. The standard InChI is InChI=1S/C15H24OSi/c1-5-12-17(4,13-6-2)16-15-11-9-8-10-14(15)7-3/h7-11H,3,5-6,12-13H2,1-2,4H3. The average molecular weight is 248 g/mol. The van der Waals surface area contributed by atoms with Crippen molar-refractivity contribution < 1.29 is 4.43 Å². The van der Waals surface area contributed by atoms with Crippen molar-refractivity contribution in [2.75, 3.05) is 0 Å². The van der Waals surface area contributed by atoms with Crippen molar-refractivity contribution in [1.29, 1.82) is 0 Å². The van der Waals surface area contributed by atoms with Gasteiger partial charge in [0.05, 0.1) is 0 Å². The molecule has 0 spiro atoms. The van der Waals surface area contributed by atoms with Crippen LogP contribution in [0.2, 0.25) is 18.6 Å². The van der Waals surface area contributed by atoms with Crippen LogP contribution >= 0.6 is 0 Å². The van der Waals surface area contributed by atoms with E-state index in [1.807, 2.05) is 18.2 Å². The van der Waals surface area contributed by atoms with Gasteiger partial charge in [-0.25, -0.2) is 0 Å². The predicted octanol–water partition coefficient (Wildman–Crippen LogP) is 5.10. The van der Waals surface area contributed by atoms with Gasteiger partial charge in [-0.05, 0) is 24.7 Å². The van der Waals surface area contributed by atoms with Crippen molar-refractivity contribution in [3.63, 3.8) is 0 Å². The van der Waals surface area contributed by atoms with Gasteiger partial charge in [0, 0.05) is 5.56 Å². The number of benzene rings is 1. The molecule has 1 rings (SSSR count). The molecule has 0 unspecified atom stereocenters. The number of hydrogen-bond acceptors (Lipinski definition) is 1. The van der Waals surface area contributed by atoms with Crippen LogP contribution < -0.4 is 4.43 Å². The van der Waals surface area contributed by atoms with E-state index in [2.05, 4.69) is 39.1 Å². The van der Waals surface area contributed by atoms with E-state index in [-0.39, 0.29) is 0 Å². The molecule has 17 heavy (non-hydrogen) atoms. The van der Waals surface area contributed by atoms with Gasteiger partial charge in [0.1, 0.15) is 5.75 Å². The molecule has 2 heteroatoms. The van der Waals surface area contributed by atoms with Crippen molar-refractivity contribution in [2.24, 2.45) is 0 Å². The number of para-hydroxylation sites is 1. The van der Waals surface area contributed by atoms with Crippen molar-refractivity contribution in [2.45, 2.75) is 45.3 Å². The zero-order chi connectivity index (χ0) is 12.7. The Labute approximate surface area is 107 Å². The second-order valence-electron chi connectivity index (χ2n) is 4.79. The minimum Gasteiger partial charge on any atom is -0.543 e. The Bertz CT molecular complexity index is 354. The summed E-state index contributed by atoms with van der Waals surface area (Å²) < 4.78 is 6.37. The molecular weight excluding hydrogens is 224 g/mol. The van der Waals surface area contributed by atoms with E-state index in [1.54, 1.807) is 0 Å². The lowest BCUT2D eigenvalue weighted by atomic mass is 10.2. The molecule has 0 heterocycles. The van der Waals surface area contributed by atoms with E-state index in [4.69, 9.17) is 4.43 Å². The van der Waals surface area contributed by atoms with Gasteiger partial charge in [0.25, 0.3) is 0 Å². The maximum atomic E-state index is 6.37. The van der Waals surface area contributed by atoms with E-state index in [9.17, 15) is 0 Å². The van der Waals surface area contributed by atoms with Crippen LogP contribution in [0.4, 0.5) is 0 Å². The summed E-state index contributed by atoms with van der Waals surface area (Å²) in [6.07, 6.45) is 4.29. The summed E-state index contributed by atoms with van der Waals surface area (Å²) in [5, 5.41) is 0. The molecule has 94 valence electrons. The molecule has 0 aliphatic carbocycles. The van der Waals surface area contributed by atoms with Gasteiger partial charge in [-0.1, -0.05) is 57.5 Å². The summed E-state index contributed by atoms with van der Waals surface area (Å²) in [5.41, 5.74) is 1.11. The van der Waals surface area contributed by atoms with Crippen LogP contribution in [-0.4, -0.2) is 8.32 Å². The summed E-state index contributed by atoms with van der Waals surface area (Å²) in [6, 6.07) is 10.7.